The number of nitrogens with zero attached hydrogens (tertiary/aromatic N) is 1. The van der Waals surface area contributed by atoms with Crippen LogP contribution in [0, 0.1) is 0 Å². The number of aromatic nitrogens is 1. The molecule has 1 heterocycles. The van der Waals surface area contributed by atoms with Crippen LogP contribution < -0.4 is 0 Å². The van der Waals surface area contributed by atoms with E-state index >= 15 is 0 Å². The Kier molecular flexibility index (Phi) is 4.53. The van der Waals surface area contributed by atoms with Crippen molar-refractivity contribution in [1.29, 1.82) is 0 Å². The maximum absolute atomic E-state index is 11.7. The third kappa shape index (κ3) is 2.72. The van der Waals surface area contributed by atoms with Crippen LogP contribution in [0.5, 0.6) is 0 Å². The van der Waals surface area contributed by atoms with E-state index in [9.17, 15) is 4.79 Å². The van der Waals surface area contributed by atoms with Crippen LogP contribution in [0.1, 0.15) is 28.7 Å². The summed E-state index contributed by atoms with van der Waals surface area (Å²) in [5, 5.41) is 0. The summed E-state index contributed by atoms with van der Waals surface area (Å²) in [5.41, 5.74) is 2.43. The molecule has 5 heteroatoms. The Hall–Kier alpha value is -2.14. The third-order valence-electron chi connectivity index (χ3n) is 2.98. The van der Waals surface area contributed by atoms with Crippen molar-refractivity contribution in [3.63, 3.8) is 0 Å². The Labute approximate surface area is 117 Å². The van der Waals surface area contributed by atoms with Gasteiger partial charge < -0.3 is 13.9 Å². The molecule has 0 radical (unpaired) electrons. The Balaban J connectivity index is 2.50. The van der Waals surface area contributed by atoms with Crippen LogP contribution in [0.4, 0.5) is 0 Å². The minimum Gasteiger partial charge on any atom is -0.463 e. The summed E-state index contributed by atoms with van der Waals surface area (Å²) in [6.07, 6.45) is 0.853. The molecule has 0 unspecified atom stereocenters. The van der Waals surface area contributed by atoms with Gasteiger partial charge in [0.05, 0.1) is 13.7 Å². The van der Waals surface area contributed by atoms with E-state index in [4.69, 9.17) is 13.9 Å². The van der Waals surface area contributed by atoms with Crippen molar-refractivity contribution in [3.05, 3.63) is 41.3 Å². The van der Waals surface area contributed by atoms with Gasteiger partial charge in [0.15, 0.2) is 0 Å². The van der Waals surface area contributed by atoms with Crippen LogP contribution in [0.2, 0.25) is 0 Å². The van der Waals surface area contributed by atoms with Gasteiger partial charge in [0.2, 0.25) is 11.7 Å². The van der Waals surface area contributed by atoms with Crippen LogP contribution in [-0.2, 0) is 22.5 Å². The van der Waals surface area contributed by atoms with Crippen molar-refractivity contribution in [2.45, 2.75) is 20.0 Å². The molecular weight excluding hydrogens is 258 g/mol. The Bertz CT molecular complexity index is 604. The van der Waals surface area contributed by atoms with E-state index in [-0.39, 0.29) is 12.4 Å². The predicted octanol–water partition coefficient (Wildman–Crippen LogP) is 2.84. The lowest BCUT2D eigenvalue weighted by molar-refractivity contribution is 0.0559. The lowest BCUT2D eigenvalue weighted by atomic mass is 10.1. The number of carbonyl (C=O) groups is 1. The number of esters is 1. The number of hydrogen-bond donors (Lipinski definition) is 0. The lowest BCUT2D eigenvalue weighted by Gasteiger charge is -2.02. The van der Waals surface area contributed by atoms with E-state index in [1.165, 1.54) is 14.2 Å². The summed E-state index contributed by atoms with van der Waals surface area (Å²) in [4.78, 5) is 16.1. The standard InChI is InChI=1S/C15H17NO4/c1-4-10-7-5-6-8-11(10)14-16-12(9-18-2)13(20-14)15(17)19-3/h5-8H,4,9H2,1-3H3. The second-order valence-corrected chi connectivity index (χ2v) is 4.23. The average molecular weight is 275 g/mol. The van der Waals surface area contributed by atoms with Gasteiger partial charge in [-0.25, -0.2) is 9.78 Å². The highest BCUT2D eigenvalue weighted by atomic mass is 16.5. The molecule has 2 aromatic rings. The highest BCUT2D eigenvalue weighted by Crippen LogP contribution is 2.26. The summed E-state index contributed by atoms with van der Waals surface area (Å²) >= 11 is 0. The fourth-order valence-corrected chi connectivity index (χ4v) is 1.99. The topological polar surface area (TPSA) is 61.6 Å². The van der Waals surface area contributed by atoms with Gasteiger partial charge in [-0.15, -0.1) is 0 Å². The van der Waals surface area contributed by atoms with E-state index in [1.54, 1.807) is 0 Å². The smallest absolute Gasteiger partial charge is 0.376 e. The quantitative estimate of drug-likeness (QED) is 0.785. The molecule has 0 amide bonds. The van der Waals surface area contributed by atoms with E-state index in [0.29, 0.717) is 11.6 Å². The maximum Gasteiger partial charge on any atom is 0.376 e. The molecule has 5 nitrogen and oxygen atoms in total. The first kappa shape index (κ1) is 14.3. The summed E-state index contributed by atoms with van der Waals surface area (Å²) in [6, 6.07) is 7.80. The number of hydrogen-bond acceptors (Lipinski definition) is 5. The second kappa shape index (κ2) is 6.34. The molecule has 106 valence electrons. The van der Waals surface area contributed by atoms with Gasteiger partial charge >= 0.3 is 5.97 Å². The van der Waals surface area contributed by atoms with Crippen LogP contribution in [0.15, 0.2) is 28.7 Å². The zero-order chi connectivity index (χ0) is 14.5. The highest BCUT2D eigenvalue weighted by Gasteiger charge is 2.22. The second-order valence-electron chi connectivity index (χ2n) is 4.23. The minimum atomic E-state index is -0.551. The predicted molar refractivity (Wildman–Crippen MR) is 73.4 cm³/mol. The number of rotatable bonds is 5. The first-order valence-corrected chi connectivity index (χ1v) is 6.36. The Morgan fingerprint density at radius 2 is 2.05 bits per heavy atom. The number of aryl methyl sites for hydroxylation is 1. The van der Waals surface area contributed by atoms with E-state index in [0.717, 1.165) is 17.5 Å². The molecule has 0 N–H and O–H groups in total. The van der Waals surface area contributed by atoms with Gasteiger partial charge in [0.1, 0.15) is 5.69 Å². The molecule has 0 bridgehead atoms. The van der Waals surface area contributed by atoms with Crippen LogP contribution in [0.25, 0.3) is 11.5 Å². The van der Waals surface area contributed by atoms with E-state index < -0.39 is 5.97 Å². The molecule has 1 aromatic heterocycles. The zero-order valence-electron chi connectivity index (χ0n) is 11.8. The summed E-state index contributed by atoms with van der Waals surface area (Å²) in [5.74, 6) is -0.0464. The lowest BCUT2D eigenvalue weighted by Crippen LogP contribution is -2.04. The molecule has 0 saturated heterocycles. The molecule has 0 aliphatic carbocycles. The first-order valence-electron chi connectivity index (χ1n) is 6.36. The Morgan fingerprint density at radius 3 is 2.70 bits per heavy atom. The van der Waals surface area contributed by atoms with E-state index in [1.807, 2.05) is 24.3 Å². The number of oxazole rings is 1. The van der Waals surface area contributed by atoms with Gasteiger partial charge in [-0.1, -0.05) is 25.1 Å². The summed E-state index contributed by atoms with van der Waals surface area (Å²) < 4.78 is 15.3. The van der Waals surface area contributed by atoms with Crippen molar-refractivity contribution in [2.75, 3.05) is 14.2 Å². The number of methoxy groups -OCH3 is 2. The fourth-order valence-electron chi connectivity index (χ4n) is 1.99. The van der Waals surface area contributed by atoms with Gasteiger partial charge in [0.25, 0.3) is 0 Å². The van der Waals surface area contributed by atoms with E-state index in [2.05, 4.69) is 11.9 Å². The molecule has 0 aliphatic heterocycles. The zero-order valence-corrected chi connectivity index (χ0v) is 11.8. The number of benzene rings is 1. The third-order valence-corrected chi connectivity index (χ3v) is 2.98. The average Bonchev–Trinajstić information content (AvgIpc) is 2.90. The van der Waals surface area contributed by atoms with Crippen molar-refractivity contribution in [2.24, 2.45) is 0 Å². The largest absolute Gasteiger partial charge is 0.463 e. The molecule has 0 spiro atoms. The van der Waals surface area contributed by atoms with Crippen molar-refractivity contribution in [1.82, 2.24) is 4.98 Å². The fraction of sp³-hybridized carbons (Fsp3) is 0.333. The van der Waals surface area contributed by atoms with Crippen LogP contribution in [0.3, 0.4) is 0 Å². The van der Waals surface area contributed by atoms with Crippen molar-refractivity contribution in [3.8, 4) is 11.5 Å². The number of carbonyl (C=O) groups excluding carboxylic acids is 1. The molecule has 20 heavy (non-hydrogen) atoms. The molecule has 0 saturated carbocycles. The monoisotopic (exact) mass is 275 g/mol. The SMILES string of the molecule is CCc1ccccc1-c1nc(COC)c(C(=O)OC)o1. The molecule has 0 aliphatic rings. The highest BCUT2D eigenvalue weighted by molar-refractivity contribution is 5.88. The van der Waals surface area contributed by atoms with Gasteiger partial charge in [-0.05, 0) is 18.1 Å². The van der Waals surface area contributed by atoms with Crippen molar-refractivity contribution >= 4 is 5.97 Å². The summed E-state index contributed by atoms with van der Waals surface area (Å²) in [7, 11) is 2.84. The molecule has 2 rings (SSSR count). The summed E-state index contributed by atoms with van der Waals surface area (Å²) in [6.45, 7) is 2.25. The molecule has 0 atom stereocenters. The number of ether oxygens (including phenoxy) is 2. The Morgan fingerprint density at radius 1 is 1.30 bits per heavy atom. The van der Waals surface area contributed by atoms with Crippen LogP contribution >= 0.6 is 0 Å². The van der Waals surface area contributed by atoms with Gasteiger partial charge in [0, 0.05) is 12.7 Å². The molecular formula is C15H17NO4. The van der Waals surface area contributed by atoms with Crippen LogP contribution in [-0.4, -0.2) is 25.2 Å². The molecule has 0 fully saturated rings. The maximum atomic E-state index is 11.7. The minimum absolute atomic E-state index is 0.0928. The first-order chi connectivity index (χ1) is 9.71. The normalized spacial score (nSPS) is 10.6. The van der Waals surface area contributed by atoms with Gasteiger partial charge in [-0.2, -0.15) is 0 Å². The van der Waals surface area contributed by atoms with Gasteiger partial charge in [-0.3, -0.25) is 0 Å². The van der Waals surface area contributed by atoms with Crippen molar-refractivity contribution < 1.29 is 18.7 Å². The molecule has 1 aromatic carbocycles.